The molecule has 1 aromatic carbocycles. The minimum atomic E-state index is 0.226. The third kappa shape index (κ3) is 2.63. The van der Waals surface area contributed by atoms with Crippen molar-refractivity contribution in [3.8, 4) is 5.75 Å². The zero-order chi connectivity index (χ0) is 10.7. The van der Waals surface area contributed by atoms with E-state index in [1.165, 1.54) is 11.1 Å². The van der Waals surface area contributed by atoms with Crippen molar-refractivity contribution in [2.75, 3.05) is 0 Å². The summed E-state index contributed by atoms with van der Waals surface area (Å²) in [6.07, 6.45) is 0.226. The van der Waals surface area contributed by atoms with Crippen LogP contribution < -0.4 is 4.74 Å². The van der Waals surface area contributed by atoms with E-state index in [4.69, 9.17) is 4.74 Å². The van der Waals surface area contributed by atoms with Crippen molar-refractivity contribution in [1.82, 2.24) is 0 Å². The Balaban J connectivity index is 2.95. The first-order valence-corrected chi connectivity index (χ1v) is 4.94. The van der Waals surface area contributed by atoms with Crippen molar-refractivity contribution in [3.05, 3.63) is 35.9 Å². The Morgan fingerprint density at radius 3 is 2.43 bits per heavy atom. The van der Waals surface area contributed by atoms with Crippen molar-refractivity contribution >= 4 is 5.57 Å². The third-order valence-electron chi connectivity index (χ3n) is 2.03. The molecule has 0 spiro atoms. The lowest BCUT2D eigenvalue weighted by Gasteiger charge is -2.13. The molecule has 0 heterocycles. The molecule has 1 nitrogen and oxygen atoms in total. The number of allylic oxidation sites excluding steroid dienone is 1. The van der Waals surface area contributed by atoms with Gasteiger partial charge in [0.25, 0.3) is 0 Å². The molecular weight excluding hydrogens is 172 g/mol. The van der Waals surface area contributed by atoms with E-state index in [0.717, 1.165) is 11.3 Å². The third-order valence-corrected chi connectivity index (χ3v) is 2.03. The van der Waals surface area contributed by atoms with Crippen LogP contribution in [-0.4, -0.2) is 6.10 Å². The molecule has 0 saturated carbocycles. The van der Waals surface area contributed by atoms with Gasteiger partial charge in [0, 0.05) is 0 Å². The predicted octanol–water partition coefficient (Wildman–Crippen LogP) is 3.82. The van der Waals surface area contributed by atoms with E-state index in [-0.39, 0.29) is 6.10 Å². The lowest BCUT2D eigenvalue weighted by Crippen LogP contribution is -2.06. The van der Waals surface area contributed by atoms with Crippen LogP contribution in [0.1, 0.15) is 31.9 Å². The van der Waals surface area contributed by atoms with Crippen molar-refractivity contribution < 1.29 is 4.74 Å². The summed E-state index contributed by atoms with van der Waals surface area (Å²) >= 11 is 0. The molecule has 1 rings (SSSR count). The van der Waals surface area contributed by atoms with E-state index in [1.807, 2.05) is 32.9 Å². The fourth-order valence-corrected chi connectivity index (χ4v) is 1.30. The molecule has 0 unspecified atom stereocenters. The average molecular weight is 190 g/mol. The number of rotatable bonds is 3. The number of hydrogen-bond acceptors (Lipinski definition) is 1. The fourth-order valence-electron chi connectivity index (χ4n) is 1.30. The largest absolute Gasteiger partial charge is 0.491 e. The summed E-state index contributed by atoms with van der Waals surface area (Å²) in [5.41, 5.74) is 3.43. The monoisotopic (exact) mass is 190 g/mol. The van der Waals surface area contributed by atoms with Gasteiger partial charge in [-0.25, -0.2) is 0 Å². The Morgan fingerprint density at radius 1 is 1.36 bits per heavy atom. The minimum Gasteiger partial charge on any atom is -0.491 e. The highest BCUT2D eigenvalue weighted by Crippen LogP contribution is 2.23. The second kappa shape index (κ2) is 4.32. The van der Waals surface area contributed by atoms with Crippen LogP contribution in [0.15, 0.2) is 24.8 Å². The Hall–Kier alpha value is -1.24. The van der Waals surface area contributed by atoms with Crippen LogP contribution in [0.5, 0.6) is 5.75 Å². The summed E-state index contributed by atoms with van der Waals surface area (Å²) in [6, 6.07) is 6.17. The van der Waals surface area contributed by atoms with E-state index in [2.05, 4.69) is 19.6 Å². The lowest BCUT2D eigenvalue weighted by atomic mass is 10.1. The Labute approximate surface area is 86.4 Å². The Morgan fingerprint density at radius 2 is 2.00 bits per heavy atom. The molecule has 0 saturated heterocycles. The van der Waals surface area contributed by atoms with Gasteiger partial charge in [-0.15, -0.1) is 0 Å². The average Bonchev–Trinajstić information content (AvgIpc) is 2.07. The molecule has 1 aromatic rings. The molecule has 76 valence electrons. The van der Waals surface area contributed by atoms with E-state index in [9.17, 15) is 0 Å². The summed E-state index contributed by atoms with van der Waals surface area (Å²) in [6.45, 7) is 12.1. The van der Waals surface area contributed by atoms with E-state index in [1.54, 1.807) is 0 Å². The molecule has 0 aliphatic carbocycles. The highest BCUT2D eigenvalue weighted by molar-refractivity contribution is 5.63. The van der Waals surface area contributed by atoms with Crippen molar-refractivity contribution in [1.29, 1.82) is 0 Å². The van der Waals surface area contributed by atoms with Gasteiger partial charge >= 0.3 is 0 Å². The molecule has 14 heavy (non-hydrogen) atoms. The van der Waals surface area contributed by atoms with Gasteiger partial charge in [-0.2, -0.15) is 0 Å². The number of benzene rings is 1. The molecule has 0 N–H and O–H groups in total. The van der Waals surface area contributed by atoms with Crippen molar-refractivity contribution in [3.63, 3.8) is 0 Å². The summed E-state index contributed by atoms with van der Waals surface area (Å²) < 4.78 is 5.65. The second-order valence-corrected chi connectivity index (χ2v) is 3.93. The van der Waals surface area contributed by atoms with Gasteiger partial charge in [-0.1, -0.05) is 18.2 Å². The summed E-state index contributed by atoms with van der Waals surface area (Å²) in [4.78, 5) is 0. The van der Waals surface area contributed by atoms with Gasteiger partial charge < -0.3 is 4.74 Å². The molecular formula is C13H18O. The predicted molar refractivity (Wildman–Crippen MR) is 61.7 cm³/mol. The van der Waals surface area contributed by atoms with Crippen LogP contribution in [0.2, 0.25) is 0 Å². The first kappa shape index (κ1) is 10.8. The molecule has 0 aromatic heterocycles. The normalized spacial score (nSPS) is 10.4. The quantitative estimate of drug-likeness (QED) is 0.704. The topological polar surface area (TPSA) is 9.23 Å². The second-order valence-electron chi connectivity index (χ2n) is 3.93. The molecule has 0 bridgehead atoms. The highest BCUT2D eigenvalue weighted by atomic mass is 16.5. The number of aryl methyl sites for hydroxylation is 1. The molecule has 0 aliphatic heterocycles. The molecule has 0 atom stereocenters. The smallest absolute Gasteiger partial charge is 0.122 e. The molecule has 0 radical (unpaired) electrons. The molecule has 1 heteroatoms. The van der Waals surface area contributed by atoms with Crippen LogP contribution in [0.25, 0.3) is 5.57 Å². The maximum Gasteiger partial charge on any atom is 0.122 e. The van der Waals surface area contributed by atoms with E-state index >= 15 is 0 Å². The molecule has 0 fully saturated rings. The first-order valence-electron chi connectivity index (χ1n) is 4.94. The van der Waals surface area contributed by atoms with Crippen LogP contribution in [0.3, 0.4) is 0 Å². The molecule has 0 amide bonds. The van der Waals surface area contributed by atoms with Crippen LogP contribution in [0.4, 0.5) is 0 Å². The summed E-state index contributed by atoms with van der Waals surface area (Å²) in [5, 5.41) is 0. The highest BCUT2D eigenvalue weighted by Gasteiger charge is 2.03. The summed E-state index contributed by atoms with van der Waals surface area (Å²) in [5.74, 6) is 0.963. The van der Waals surface area contributed by atoms with Gasteiger partial charge in [0.15, 0.2) is 0 Å². The van der Waals surface area contributed by atoms with E-state index in [0.29, 0.717) is 0 Å². The van der Waals surface area contributed by atoms with Gasteiger partial charge in [0.05, 0.1) is 6.10 Å². The zero-order valence-electron chi connectivity index (χ0n) is 9.42. The fraction of sp³-hybridized carbons (Fsp3) is 0.385. The Bertz CT molecular complexity index is 337. The van der Waals surface area contributed by atoms with E-state index < -0.39 is 0 Å². The number of hydrogen-bond donors (Lipinski definition) is 0. The SMILES string of the molecule is C=C(C)c1ccc(OC(C)C)c(C)c1. The van der Waals surface area contributed by atoms with Crippen molar-refractivity contribution in [2.24, 2.45) is 0 Å². The van der Waals surface area contributed by atoms with Gasteiger partial charge in [-0.05, 0) is 51.0 Å². The van der Waals surface area contributed by atoms with Crippen LogP contribution in [0, 0.1) is 6.92 Å². The summed E-state index contributed by atoms with van der Waals surface area (Å²) in [7, 11) is 0. The van der Waals surface area contributed by atoms with Crippen molar-refractivity contribution in [2.45, 2.75) is 33.8 Å². The Kier molecular flexibility index (Phi) is 3.34. The minimum absolute atomic E-state index is 0.226. The maximum atomic E-state index is 5.65. The maximum absolute atomic E-state index is 5.65. The number of ether oxygens (including phenoxy) is 1. The standard InChI is InChI=1S/C13H18O/c1-9(2)12-6-7-13(11(5)8-12)14-10(3)4/h6-8,10H,1H2,2-5H3. The first-order chi connectivity index (χ1) is 6.50. The van der Waals surface area contributed by atoms with Crippen LogP contribution in [-0.2, 0) is 0 Å². The van der Waals surface area contributed by atoms with Gasteiger partial charge in [-0.3, -0.25) is 0 Å². The van der Waals surface area contributed by atoms with Gasteiger partial charge in [0.2, 0.25) is 0 Å². The van der Waals surface area contributed by atoms with Gasteiger partial charge in [0.1, 0.15) is 5.75 Å². The lowest BCUT2D eigenvalue weighted by molar-refractivity contribution is 0.241. The zero-order valence-corrected chi connectivity index (χ0v) is 9.42. The van der Waals surface area contributed by atoms with Crippen LogP contribution >= 0.6 is 0 Å². The molecule has 0 aliphatic rings.